The first-order valence-electron chi connectivity index (χ1n) is 10.6. The molecule has 2 N–H and O–H groups in total. The molecule has 8 nitrogen and oxygen atoms in total. The number of hydrogen-bond acceptors (Lipinski definition) is 5. The fourth-order valence-electron chi connectivity index (χ4n) is 4.19. The maximum Gasteiger partial charge on any atom is 0.254 e. The second-order valence-corrected chi connectivity index (χ2v) is 8.39. The van der Waals surface area contributed by atoms with Crippen molar-refractivity contribution in [1.29, 1.82) is 0 Å². The molecule has 8 heteroatoms. The fraction of sp³-hybridized carbons (Fsp3) is 0.333. The zero-order valence-corrected chi connectivity index (χ0v) is 18.6. The summed E-state index contributed by atoms with van der Waals surface area (Å²) < 4.78 is 5.26. The van der Waals surface area contributed by atoms with Crippen LogP contribution in [0.5, 0.6) is 5.75 Å². The molecule has 1 aliphatic heterocycles. The van der Waals surface area contributed by atoms with E-state index in [0.29, 0.717) is 22.8 Å². The summed E-state index contributed by atoms with van der Waals surface area (Å²) in [7, 11) is 3.32. The molecule has 1 aromatic heterocycles. The van der Waals surface area contributed by atoms with Crippen LogP contribution in [-0.2, 0) is 11.2 Å². The van der Waals surface area contributed by atoms with Gasteiger partial charge in [0.2, 0.25) is 11.9 Å². The quantitative estimate of drug-likeness (QED) is 0.619. The first-order chi connectivity index (χ1) is 15.4. The predicted molar refractivity (Wildman–Crippen MR) is 121 cm³/mol. The molecule has 4 rings (SSSR count). The number of aromatic amines is 1. The van der Waals surface area contributed by atoms with Crippen LogP contribution in [0.1, 0.15) is 53.1 Å². The van der Waals surface area contributed by atoms with E-state index in [1.54, 1.807) is 31.2 Å². The minimum atomic E-state index is -0.630. The van der Waals surface area contributed by atoms with Gasteiger partial charge in [-0.3, -0.25) is 20.0 Å². The number of carbonyl (C=O) groups is 2. The lowest BCUT2D eigenvalue weighted by Gasteiger charge is -2.39. The van der Waals surface area contributed by atoms with Gasteiger partial charge in [-0.25, -0.2) is 0 Å². The van der Waals surface area contributed by atoms with E-state index in [2.05, 4.69) is 34.3 Å². The van der Waals surface area contributed by atoms with E-state index in [0.717, 1.165) is 17.8 Å². The highest BCUT2D eigenvalue weighted by Crippen LogP contribution is 2.42. The number of hydrogen-bond donors (Lipinski definition) is 2. The third-order valence-electron chi connectivity index (χ3n) is 5.69. The van der Waals surface area contributed by atoms with Crippen LogP contribution < -0.4 is 10.1 Å². The van der Waals surface area contributed by atoms with Gasteiger partial charge in [-0.05, 0) is 35.2 Å². The average molecular weight is 434 g/mol. The van der Waals surface area contributed by atoms with E-state index in [1.165, 1.54) is 0 Å². The fourth-order valence-corrected chi connectivity index (χ4v) is 4.19. The van der Waals surface area contributed by atoms with Crippen LogP contribution in [0, 0.1) is 5.92 Å². The number of aromatic nitrogens is 3. The Balaban J connectivity index is 1.72. The second-order valence-electron chi connectivity index (χ2n) is 8.39. The highest BCUT2D eigenvalue weighted by atomic mass is 16.5. The molecule has 0 radical (unpaired) electrons. The number of methoxy groups -OCH3 is 1. The molecule has 0 spiro atoms. The number of ether oxygens (including phenoxy) is 1. The number of likely N-dealkylation sites (N-methyl/N-ethyl adjacent to an activating group) is 1. The van der Waals surface area contributed by atoms with Crippen LogP contribution in [0.15, 0.2) is 48.5 Å². The molecule has 3 aromatic rings. The summed E-state index contributed by atoms with van der Waals surface area (Å²) in [6.45, 7) is 4.18. The lowest BCUT2D eigenvalue weighted by atomic mass is 9.79. The van der Waals surface area contributed by atoms with Crippen molar-refractivity contribution in [2.75, 3.05) is 19.5 Å². The number of H-pyrrole nitrogens is 1. The molecule has 0 aliphatic carbocycles. The molecule has 1 aliphatic rings. The standard InChI is InChI=1S/C24H27N5O3/c1-14(2)13-19-25-24(28-27-19)26-22(30)20-17-7-5-6-8-18(17)23(31)29(3)21(20)15-9-11-16(32-4)12-10-15/h5-12,14,20-21H,13H2,1-4H3,(H2,25,26,27,28,30). The van der Waals surface area contributed by atoms with Gasteiger partial charge in [0, 0.05) is 19.0 Å². The summed E-state index contributed by atoms with van der Waals surface area (Å²) in [5.41, 5.74) is 2.05. The Labute approximate surface area is 187 Å². The van der Waals surface area contributed by atoms with Gasteiger partial charge in [-0.1, -0.05) is 44.2 Å². The van der Waals surface area contributed by atoms with Gasteiger partial charge < -0.3 is 9.64 Å². The maximum absolute atomic E-state index is 13.6. The summed E-state index contributed by atoms with van der Waals surface area (Å²) in [5, 5.41) is 9.88. The topological polar surface area (TPSA) is 100 Å². The van der Waals surface area contributed by atoms with Crippen molar-refractivity contribution in [2.24, 2.45) is 5.92 Å². The SMILES string of the molecule is COc1ccc(C2C(C(=O)Nc3n[nH]c(CC(C)C)n3)c3ccccc3C(=O)N2C)cc1. The first-order valence-corrected chi connectivity index (χ1v) is 10.6. The van der Waals surface area contributed by atoms with E-state index >= 15 is 0 Å². The average Bonchev–Trinajstić information content (AvgIpc) is 3.22. The van der Waals surface area contributed by atoms with Gasteiger partial charge in [0.1, 0.15) is 11.6 Å². The van der Waals surface area contributed by atoms with Crippen LogP contribution in [0.3, 0.4) is 0 Å². The summed E-state index contributed by atoms with van der Waals surface area (Å²) in [4.78, 5) is 32.7. The maximum atomic E-state index is 13.6. The van der Waals surface area contributed by atoms with E-state index < -0.39 is 12.0 Å². The van der Waals surface area contributed by atoms with Gasteiger partial charge in [0.25, 0.3) is 5.91 Å². The Kier molecular flexibility index (Phi) is 5.94. The normalized spacial score (nSPS) is 17.9. The highest BCUT2D eigenvalue weighted by molar-refractivity contribution is 6.03. The van der Waals surface area contributed by atoms with Crippen LogP contribution in [0.4, 0.5) is 5.95 Å². The third-order valence-corrected chi connectivity index (χ3v) is 5.69. The highest BCUT2D eigenvalue weighted by Gasteiger charge is 2.42. The summed E-state index contributed by atoms with van der Waals surface area (Å²) in [6, 6.07) is 14.2. The first kappa shape index (κ1) is 21.5. The van der Waals surface area contributed by atoms with Crippen LogP contribution in [-0.4, -0.2) is 46.1 Å². The lowest BCUT2D eigenvalue weighted by Crippen LogP contribution is -2.44. The van der Waals surface area contributed by atoms with Gasteiger partial charge in [-0.2, -0.15) is 4.98 Å². The van der Waals surface area contributed by atoms with Gasteiger partial charge >= 0.3 is 0 Å². The van der Waals surface area contributed by atoms with Crippen LogP contribution in [0.2, 0.25) is 0 Å². The number of anilines is 1. The molecular formula is C24H27N5O3. The summed E-state index contributed by atoms with van der Waals surface area (Å²) >= 11 is 0. The van der Waals surface area contributed by atoms with Crippen molar-refractivity contribution in [1.82, 2.24) is 20.1 Å². The smallest absolute Gasteiger partial charge is 0.254 e. The zero-order chi connectivity index (χ0) is 22.8. The van der Waals surface area contributed by atoms with Crippen molar-refractivity contribution >= 4 is 17.8 Å². The number of nitrogens with zero attached hydrogens (tertiary/aromatic N) is 3. The van der Waals surface area contributed by atoms with E-state index in [1.807, 2.05) is 36.4 Å². The molecule has 2 unspecified atom stereocenters. The molecule has 2 atom stereocenters. The summed E-state index contributed by atoms with van der Waals surface area (Å²) in [5.74, 6) is 1.05. The number of rotatable bonds is 6. The van der Waals surface area contributed by atoms with Crippen LogP contribution >= 0.6 is 0 Å². The minimum absolute atomic E-state index is 0.123. The van der Waals surface area contributed by atoms with Gasteiger partial charge in [0.05, 0.1) is 19.1 Å². The minimum Gasteiger partial charge on any atom is -0.497 e. The monoisotopic (exact) mass is 433 g/mol. The molecule has 0 saturated heterocycles. The number of fused-ring (bicyclic) bond motifs is 1. The Morgan fingerprint density at radius 3 is 2.59 bits per heavy atom. The molecule has 166 valence electrons. The summed E-state index contributed by atoms with van der Waals surface area (Å²) in [6.07, 6.45) is 0.737. The Hall–Kier alpha value is -3.68. The lowest BCUT2D eigenvalue weighted by molar-refractivity contribution is -0.119. The molecular weight excluding hydrogens is 406 g/mol. The van der Waals surface area contributed by atoms with Crippen molar-refractivity contribution < 1.29 is 14.3 Å². The number of nitrogens with one attached hydrogen (secondary N) is 2. The molecule has 32 heavy (non-hydrogen) atoms. The van der Waals surface area contributed by atoms with E-state index in [-0.39, 0.29) is 17.8 Å². The Morgan fingerprint density at radius 1 is 1.19 bits per heavy atom. The number of carbonyl (C=O) groups excluding carboxylic acids is 2. The zero-order valence-electron chi connectivity index (χ0n) is 18.6. The molecule has 0 saturated carbocycles. The van der Waals surface area contributed by atoms with Crippen molar-refractivity contribution in [2.45, 2.75) is 32.2 Å². The van der Waals surface area contributed by atoms with Crippen LogP contribution in [0.25, 0.3) is 0 Å². The molecule has 0 bridgehead atoms. The largest absolute Gasteiger partial charge is 0.497 e. The number of amides is 2. The third kappa shape index (κ3) is 4.08. The van der Waals surface area contributed by atoms with E-state index in [4.69, 9.17) is 4.74 Å². The molecule has 0 fully saturated rings. The molecule has 2 amide bonds. The van der Waals surface area contributed by atoms with Crippen molar-refractivity contribution in [3.8, 4) is 5.75 Å². The predicted octanol–water partition coefficient (Wildman–Crippen LogP) is 3.56. The molecule has 2 aromatic carbocycles. The number of benzene rings is 2. The van der Waals surface area contributed by atoms with Crippen molar-refractivity contribution in [3.63, 3.8) is 0 Å². The van der Waals surface area contributed by atoms with E-state index in [9.17, 15) is 9.59 Å². The molecule has 2 heterocycles. The van der Waals surface area contributed by atoms with Gasteiger partial charge in [0.15, 0.2) is 0 Å². The van der Waals surface area contributed by atoms with Gasteiger partial charge in [-0.15, -0.1) is 5.10 Å². The Morgan fingerprint density at radius 2 is 1.91 bits per heavy atom. The second kappa shape index (κ2) is 8.82. The van der Waals surface area contributed by atoms with Crippen molar-refractivity contribution in [3.05, 3.63) is 71.0 Å². The Bertz CT molecular complexity index is 1120.